The van der Waals surface area contributed by atoms with Gasteiger partial charge in [0.2, 0.25) is 10.0 Å². The molecule has 2 aromatic heterocycles. The van der Waals surface area contributed by atoms with Gasteiger partial charge in [0.15, 0.2) is 0 Å². The van der Waals surface area contributed by atoms with Crippen LogP contribution >= 0.6 is 23.6 Å². The number of nitrogens with zero attached hydrogens (tertiary/aromatic N) is 2. The zero-order chi connectivity index (χ0) is 14.8. The van der Waals surface area contributed by atoms with Crippen molar-refractivity contribution in [2.24, 2.45) is 5.73 Å². The van der Waals surface area contributed by atoms with Crippen LogP contribution in [-0.2, 0) is 16.6 Å². The predicted octanol–water partition coefficient (Wildman–Crippen LogP) is 0.959. The largest absolute Gasteiger partial charge is 0.389 e. The van der Waals surface area contributed by atoms with Gasteiger partial charge in [-0.2, -0.15) is 0 Å². The Kier molecular flexibility index (Phi) is 4.43. The number of hydrogen-bond acceptors (Lipinski definition) is 6. The van der Waals surface area contributed by atoms with Crippen LogP contribution < -0.4 is 10.5 Å². The lowest BCUT2D eigenvalue weighted by Gasteiger charge is -2.04. The first kappa shape index (κ1) is 15.0. The first-order valence-corrected chi connectivity index (χ1v) is 8.26. The number of thiophene rings is 1. The molecule has 0 aliphatic heterocycles. The number of nitrogens with one attached hydrogen (secondary N) is 1. The highest BCUT2D eigenvalue weighted by Crippen LogP contribution is 2.21. The minimum Gasteiger partial charge on any atom is -0.389 e. The molecule has 0 bridgehead atoms. The molecule has 2 heterocycles. The molecule has 0 saturated carbocycles. The molecule has 0 radical (unpaired) electrons. The second-order valence-corrected chi connectivity index (χ2v) is 7.47. The van der Waals surface area contributed by atoms with Crippen molar-refractivity contribution < 1.29 is 8.42 Å². The molecule has 0 amide bonds. The van der Waals surface area contributed by atoms with Crippen molar-refractivity contribution in [3.8, 4) is 0 Å². The summed E-state index contributed by atoms with van der Waals surface area (Å²) in [5.74, 6) is 0. The fraction of sp³-hybridized carbons (Fsp3) is 0.182. The van der Waals surface area contributed by atoms with Gasteiger partial charge in [-0.25, -0.2) is 13.1 Å². The van der Waals surface area contributed by atoms with Crippen LogP contribution in [0.2, 0.25) is 0 Å². The molecule has 0 fully saturated rings. The average Bonchev–Trinajstić information content (AvgIpc) is 2.89. The third kappa shape index (κ3) is 3.57. The van der Waals surface area contributed by atoms with Gasteiger partial charge in [0.25, 0.3) is 0 Å². The Hall–Kier alpha value is -1.42. The van der Waals surface area contributed by atoms with E-state index in [9.17, 15) is 8.42 Å². The summed E-state index contributed by atoms with van der Waals surface area (Å²) in [6.07, 6.45) is 3.12. The highest BCUT2D eigenvalue weighted by atomic mass is 32.2. The first-order chi connectivity index (χ1) is 9.38. The van der Waals surface area contributed by atoms with Crippen molar-refractivity contribution in [3.63, 3.8) is 0 Å². The normalized spacial score (nSPS) is 11.4. The fourth-order valence-electron chi connectivity index (χ4n) is 1.35. The number of hydrogen-bond donors (Lipinski definition) is 2. The number of nitrogens with two attached hydrogens (primary N) is 1. The third-order valence-electron chi connectivity index (χ3n) is 2.37. The van der Waals surface area contributed by atoms with Gasteiger partial charge < -0.3 is 5.73 Å². The fourth-order valence-corrected chi connectivity index (χ4v) is 3.74. The van der Waals surface area contributed by atoms with Crippen molar-refractivity contribution in [1.29, 1.82) is 0 Å². The average molecular weight is 328 g/mol. The Bertz CT molecular complexity index is 722. The van der Waals surface area contributed by atoms with E-state index in [4.69, 9.17) is 18.0 Å². The molecule has 6 nitrogen and oxygen atoms in total. The minimum absolute atomic E-state index is 0.0793. The summed E-state index contributed by atoms with van der Waals surface area (Å²) >= 11 is 5.84. The van der Waals surface area contributed by atoms with Crippen LogP contribution in [0, 0.1) is 6.92 Å². The van der Waals surface area contributed by atoms with Crippen molar-refractivity contribution in [3.05, 3.63) is 40.8 Å². The van der Waals surface area contributed by atoms with Crippen molar-refractivity contribution in [2.45, 2.75) is 17.7 Å². The summed E-state index contributed by atoms with van der Waals surface area (Å²) in [5, 5.41) is 0. The monoisotopic (exact) mass is 328 g/mol. The minimum atomic E-state index is -3.60. The molecule has 0 aliphatic rings. The van der Waals surface area contributed by atoms with E-state index in [-0.39, 0.29) is 15.7 Å². The Morgan fingerprint density at radius 3 is 2.70 bits per heavy atom. The van der Waals surface area contributed by atoms with Gasteiger partial charge in [0.05, 0.1) is 29.0 Å². The summed E-state index contributed by atoms with van der Waals surface area (Å²) in [4.78, 5) is 8.88. The lowest BCUT2D eigenvalue weighted by Crippen LogP contribution is -2.23. The smallest absolute Gasteiger partial charge is 0.250 e. The van der Waals surface area contributed by atoms with Crippen molar-refractivity contribution >= 4 is 38.6 Å². The highest BCUT2D eigenvalue weighted by molar-refractivity contribution is 7.91. The first-order valence-electron chi connectivity index (χ1n) is 5.55. The van der Waals surface area contributed by atoms with Crippen molar-refractivity contribution in [1.82, 2.24) is 14.7 Å². The molecule has 0 saturated heterocycles. The van der Waals surface area contributed by atoms with E-state index in [0.29, 0.717) is 10.6 Å². The van der Waals surface area contributed by atoms with Gasteiger partial charge in [-0.3, -0.25) is 9.97 Å². The highest BCUT2D eigenvalue weighted by Gasteiger charge is 2.17. The molecular formula is C11H12N4O2S3. The number of aryl methyl sites for hydroxylation is 1. The van der Waals surface area contributed by atoms with Crippen LogP contribution in [0.1, 0.15) is 16.3 Å². The van der Waals surface area contributed by atoms with Crippen molar-refractivity contribution in [2.75, 3.05) is 0 Å². The zero-order valence-corrected chi connectivity index (χ0v) is 13.0. The van der Waals surface area contributed by atoms with Crippen LogP contribution in [0.15, 0.2) is 28.7 Å². The van der Waals surface area contributed by atoms with E-state index < -0.39 is 10.0 Å². The molecule has 0 spiro atoms. The maximum atomic E-state index is 12.1. The van der Waals surface area contributed by atoms with Gasteiger partial charge in [-0.15, -0.1) is 11.3 Å². The molecule has 0 aliphatic carbocycles. The third-order valence-corrected chi connectivity index (χ3v) is 5.73. The molecule has 0 unspecified atom stereocenters. The molecule has 2 rings (SSSR count). The summed E-state index contributed by atoms with van der Waals surface area (Å²) in [5.41, 5.74) is 6.78. The molecule has 9 heteroatoms. The quantitative estimate of drug-likeness (QED) is 0.793. The van der Waals surface area contributed by atoms with Gasteiger partial charge in [-0.1, -0.05) is 12.2 Å². The van der Waals surface area contributed by atoms with Gasteiger partial charge in [0, 0.05) is 6.20 Å². The Balaban J connectivity index is 2.10. The number of rotatable bonds is 5. The van der Waals surface area contributed by atoms with Crippen LogP contribution in [0.25, 0.3) is 0 Å². The summed E-state index contributed by atoms with van der Waals surface area (Å²) in [6.45, 7) is 1.89. The Labute approximate surface area is 126 Å². The maximum Gasteiger partial charge on any atom is 0.250 e. The van der Waals surface area contributed by atoms with Crippen LogP contribution in [0.3, 0.4) is 0 Å². The molecule has 20 heavy (non-hydrogen) atoms. The molecule has 0 atom stereocenters. The van der Waals surface area contributed by atoms with Gasteiger partial charge in [0.1, 0.15) is 9.20 Å². The number of sulfonamides is 1. The molecule has 2 aromatic rings. The topological polar surface area (TPSA) is 98.0 Å². The zero-order valence-electron chi connectivity index (χ0n) is 10.5. The van der Waals surface area contributed by atoms with E-state index in [1.54, 1.807) is 12.3 Å². The van der Waals surface area contributed by atoms with E-state index >= 15 is 0 Å². The summed E-state index contributed by atoms with van der Waals surface area (Å²) < 4.78 is 26.8. The number of thiocarbonyl (C=S) groups is 1. The standard InChI is InChI=1S/C11H12N4O2S3/c1-7-4-14-8(5-13-7)6-15-20(16,17)10-3-2-9(19-10)11(12)18/h2-5,15H,6H2,1H3,(H2,12,18). The summed E-state index contributed by atoms with van der Waals surface area (Å²) in [6, 6.07) is 3.07. The molecule has 3 N–H and O–H groups in total. The summed E-state index contributed by atoms with van der Waals surface area (Å²) in [7, 11) is -3.60. The molecular weight excluding hydrogens is 316 g/mol. The molecule has 106 valence electrons. The van der Waals surface area contributed by atoms with E-state index in [1.165, 1.54) is 12.3 Å². The lowest BCUT2D eigenvalue weighted by atomic mass is 10.4. The Morgan fingerprint density at radius 2 is 2.15 bits per heavy atom. The van der Waals surface area contributed by atoms with E-state index in [2.05, 4.69) is 14.7 Å². The SMILES string of the molecule is Cc1cnc(CNS(=O)(=O)c2ccc(C(N)=S)s2)cn1. The number of aromatic nitrogens is 2. The van der Waals surface area contributed by atoms with E-state index in [1.807, 2.05) is 6.92 Å². The van der Waals surface area contributed by atoms with E-state index in [0.717, 1.165) is 17.0 Å². The molecule has 0 aromatic carbocycles. The van der Waals surface area contributed by atoms with Gasteiger partial charge >= 0.3 is 0 Å². The van der Waals surface area contributed by atoms with Gasteiger partial charge in [-0.05, 0) is 19.1 Å². The lowest BCUT2D eigenvalue weighted by molar-refractivity contribution is 0.582. The predicted molar refractivity (Wildman–Crippen MR) is 81.0 cm³/mol. The van der Waals surface area contributed by atoms with Crippen LogP contribution in [-0.4, -0.2) is 23.4 Å². The van der Waals surface area contributed by atoms with Crippen LogP contribution in [0.5, 0.6) is 0 Å². The second kappa shape index (κ2) is 5.92. The van der Waals surface area contributed by atoms with Crippen LogP contribution in [0.4, 0.5) is 0 Å². The maximum absolute atomic E-state index is 12.1. The second-order valence-electron chi connectivity index (χ2n) is 3.96. The Morgan fingerprint density at radius 1 is 1.40 bits per heavy atom.